The van der Waals surface area contributed by atoms with Gasteiger partial charge in [0.05, 0.1) is 24.1 Å². The molecule has 5 rings (SSSR count). The van der Waals surface area contributed by atoms with Gasteiger partial charge in [0.15, 0.2) is 17.0 Å². The third-order valence-electron chi connectivity index (χ3n) is 6.77. The molecule has 2 aromatic rings. The van der Waals surface area contributed by atoms with Crippen LogP contribution in [0, 0.1) is 5.92 Å². The van der Waals surface area contributed by atoms with Crippen molar-refractivity contribution in [3.63, 3.8) is 0 Å². The second-order valence-electron chi connectivity index (χ2n) is 8.49. The quantitative estimate of drug-likeness (QED) is 0.696. The van der Waals surface area contributed by atoms with Crippen LogP contribution in [0.4, 0.5) is 5.82 Å². The van der Waals surface area contributed by atoms with Gasteiger partial charge in [-0.05, 0) is 37.3 Å². The van der Waals surface area contributed by atoms with Crippen LogP contribution in [0.25, 0.3) is 11.2 Å². The second-order valence-corrected chi connectivity index (χ2v) is 8.83. The maximum atomic E-state index is 10.2. The zero-order chi connectivity index (χ0) is 18.6. The fourth-order valence-electron chi connectivity index (χ4n) is 5.22. The highest BCUT2D eigenvalue weighted by Crippen LogP contribution is 2.62. The van der Waals surface area contributed by atoms with Crippen molar-refractivity contribution in [1.29, 1.82) is 0 Å². The van der Waals surface area contributed by atoms with Gasteiger partial charge in [0, 0.05) is 12.0 Å². The molecule has 3 N–H and O–H groups in total. The summed E-state index contributed by atoms with van der Waals surface area (Å²) in [5.41, 5.74) is 1.12. The van der Waals surface area contributed by atoms with Crippen molar-refractivity contribution < 1.29 is 10.2 Å². The third kappa shape index (κ3) is 2.91. The average Bonchev–Trinajstić information content (AvgIpc) is 3.05. The van der Waals surface area contributed by atoms with Gasteiger partial charge in [0.25, 0.3) is 0 Å². The highest BCUT2D eigenvalue weighted by molar-refractivity contribution is 6.28. The molecule has 4 atom stereocenters. The van der Waals surface area contributed by atoms with Gasteiger partial charge in [-0.15, -0.1) is 0 Å². The lowest BCUT2D eigenvalue weighted by atomic mass is 9.97. The summed E-state index contributed by atoms with van der Waals surface area (Å²) in [6.07, 6.45) is 10.4. The number of imidazole rings is 1. The zero-order valence-electron chi connectivity index (χ0n) is 15.3. The van der Waals surface area contributed by atoms with E-state index in [0.29, 0.717) is 23.9 Å². The van der Waals surface area contributed by atoms with E-state index in [1.807, 2.05) is 4.57 Å². The Hall–Kier alpha value is -1.44. The first-order valence-corrected chi connectivity index (χ1v) is 10.5. The number of hydrogen-bond acceptors (Lipinski definition) is 6. The minimum Gasteiger partial charge on any atom is -0.390 e. The van der Waals surface area contributed by atoms with Crippen LogP contribution >= 0.6 is 11.6 Å². The Kier molecular flexibility index (Phi) is 4.29. The number of hydrogen-bond donors (Lipinski definition) is 3. The summed E-state index contributed by atoms with van der Waals surface area (Å²) in [7, 11) is 0. The number of nitrogens with one attached hydrogen (secondary N) is 1. The second kappa shape index (κ2) is 6.57. The molecule has 3 aliphatic rings. The van der Waals surface area contributed by atoms with Gasteiger partial charge in [-0.3, -0.25) is 0 Å². The van der Waals surface area contributed by atoms with E-state index >= 15 is 0 Å². The van der Waals surface area contributed by atoms with Gasteiger partial charge in [0.1, 0.15) is 0 Å². The number of anilines is 1. The number of aromatic nitrogens is 4. The summed E-state index contributed by atoms with van der Waals surface area (Å²) in [6.45, 7) is 0. The molecule has 0 spiro atoms. The number of aliphatic hydroxyl groups excluding tert-OH is 2. The molecule has 8 heteroatoms. The number of fused-ring (bicyclic) bond motifs is 2. The molecule has 3 fully saturated rings. The van der Waals surface area contributed by atoms with Crippen LogP contribution in [0.5, 0.6) is 0 Å². The Bertz CT molecular complexity index is 850. The van der Waals surface area contributed by atoms with Gasteiger partial charge < -0.3 is 20.1 Å². The first-order chi connectivity index (χ1) is 13.1. The van der Waals surface area contributed by atoms with Gasteiger partial charge >= 0.3 is 0 Å². The predicted octanol–water partition coefficient (Wildman–Crippen LogP) is 2.85. The molecule has 3 saturated carbocycles. The minimum atomic E-state index is -0.689. The molecule has 146 valence electrons. The van der Waals surface area contributed by atoms with E-state index in [0.717, 1.165) is 24.8 Å². The van der Waals surface area contributed by atoms with Crippen LogP contribution in [0.2, 0.25) is 5.28 Å². The molecular formula is C19H26ClN5O2. The van der Waals surface area contributed by atoms with E-state index in [4.69, 9.17) is 11.6 Å². The molecule has 0 aliphatic heterocycles. The van der Waals surface area contributed by atoms with Crippen LogP contribution in [-0.2, 0) is 5.54 Å². The number of aliphatic hydroxyl groups is 2. The first kappa shape index (κ1) is 17.6. The highest BCUT2D eigenvalue weighted by Gasteiger charge is 2.66. The van der Waals surface area contributed by atoms with Crippen molar-refractivity contribution in [2.75, 3.05) is 5.32 Å². The lowest BCUT2D eigenvalue weighted by Gasteiger charge is -2.22. The SMILES string of the molecule is O[C@H]1[C@@H](O)C[C@@]2(n3cnc4c(NC5CCCCCCC5)nc(Cl)nc43)C[C@@H]12. The van der Waals surface area contributed by atoms with Gasteiger partial charge in [0.2, 0.25) is 5.28 Å². The van der Waals surface area contributed by atoms with Gasteiger partial charge in [-0.2, -0.15) is 9.97 Å². The van der Waals surface area contributed by atoms with E-state index in [-0.39, 0.29) is 16.7 Å². The van der Waals surface area contributed by atoms with Crippen LogP contribution in [0.3, 0.4) is 0 Å². The summed E-state index contributed by atoms with van der Waals surface area (Å²) in [5, 5.41) is 24.0. The van der Waals surface area contributed by atoms with E-state index in [1.165, 1.54) is 32.1 Å². The van der Waals surface area contributed by atoms with Gasteiger partial charge in [-0.1, -0.05) is 32.1 Å². The van der Waals surface area contributed by atoms with E-state index in [2.05, 4.69) is 20.3 Å². The zero-order valence-corrected chi connectivity index (χ0v) is 16.1. The van der Waals surface area contributed by atoms with Gasteiger partial charge in [-0.25, -0.2) is 4.98 Å². The van der Waals surface area contributed by atoms with Crippen LogP contribution in [-0.4, -0.2) is 48.0 Å². The van der Waals surface area contributed by atoms with Crippen LogP contribution < -0.4 is 5.32 Å². The standard InChI is InChI=1S/C19H26ClN5O2/c20-18-23-16(22-11-6-4-2-1-3-5-7-11)14-17(24-18)25(10-21-14)19-8-12(19)15(27)13(26)9-19/h10-13,15,26-27H,1-9H2,(H,22,23,24)/t12-,13-,15+,19-/m0/s1. The number of rotatable bonds is 3. The Morgan fingerprint density at radius 3 is 2.52 bits per heavy atom. The number of nitrogens with zero attached hydrogens (tertiary/aromatic N) is 4. The minimum absolute atomic E-state index is 0.0562. The van der Waals surface area contributed by atoms with E-state index in [1.54, 1.807) is 6.33 Å². The molecule has 0 unspecified atom stereocenters. The predicted molar refractivity (Wildman–Crippen MR) is 103 cm³/mol. The third-order valence-corrected chi connectivity index (χ3v) is 6.94. The van der Waals surface area contributed by atoms with Crippen molar-refractivity contribution in [2.45, 2.75) is 81.6 Å². The fourth-order valence-corrected chi connectivity index (χ4v) is 5.38. The Morgan fingerprint density at radius 1 is 1.07 bits per heavy atom. The smallest absolute Gasteiger partial charge is 0.226 e. The van der Waals surface area contributed by atoms with Crippen molar-refractivity contribution >= 4 is 28.6 Å². The van der Waals surface area contributed by atoms with Crippen molar-refractivity contribution in [2.24, 2.45) is 5.92 Å². The molecule has 2 aromatic heterocycles. The lowest BCUT2D eigenvalue weighted by molar-refractivity contribution is 0.0246. The van der Waals surface area contributed by atoms with E-state index < -0.39 is 12.2 Å². The number of halogens is 1. The maximum absolute atomic E-state index is 10.2. The summed E-state index contributed by atoms with van der Waals surface area (Å²) < 4.78 is 2.00. The summed E-state index contributed by atoms with van der Waals surface area (Å²) in [4.78, 5) is 13.5. The highest BCUT2D eigenvalue weighted by atomic mass is 35.5. The first-order valence-electron chi connectivity index (χ1n) is 10.1. The molecule has 3 aliphatic carbocycles. The van der Waals surface area contributed by atoms with E-state index in [9.17, 15) is 10.2 Å². The Balaban J connectivity index is 1.47. The summed E-state index contributed by atoms with van der Waals surface area (Å²) in [6, 6.07) is 0.381. The van der Waals surface area contributed by atoms with Crippen molar-refractivity contribution in [1.82, 2.24) is 19.5 Å². The largest absolute Gasteiger partial charge is 0.390 e. The molecule has 0 saturated heterocycles. The van der Waals surface area contributed by atoms with Crippen LogP contribution in [0.1, 0.15) is 57.8 Å². The average molecular weight is 392 g/mol. The normalized spacial score (nSPS) is 34.3. The molecule has 27 heavy (non-hydrogen) atoms. The Morgan fingerprint density at radius 2 is 1.81 bits per heavy atom. The monoisotopic (exact) mass is 391 g/mol. The Labute approximate surface area is 163 Å². The molecule has 0 amide bonds. The summed E-state index contributed by atoms with van der Waals surface area (Å²) >= 11 is 6.25. The molecule has 0 aromatic carbocycles. The molecule has 0 radical (unpaired) electrons. The molecule has 7 nitrogen and oxygen atoms in total. The fraction of sp³-hybridized carbons (Fsp3) is 0.737. The maximum Gasteiger partial charge on any atom is 0.226 e. The topological polar surface area (TPSA) is 96.1 Å². The van der Waals surface area contributed by atoms with Crippen molar-refractivity contribution in [3.05, 3.63) is 11.6 Å². The summed E-state index contributed by atoms with van der Waals surface area (Å²) in [5.74, 6) is 0.752. The lowest BCUT2D eigenvalue weighted by Crippen LogP contribution is -2.23. The molecule has 0 bridgehead atoms. The van der Waals surface area contributed by atoms with Crippen LogP contribution in [0.15, 0.2) is 6.33 Å². The van der Waals surface area contributed by atoms with Crippen molar-refractivity contribution in [3.8, 4) is 0 Å². The molecular weight excluding hydrogens is 366 g/mol. The molecule has 2 heterocycles.